The molecule has 2 aromatic heterocycles. The molecule has 0 amide bonds. The van der Waals surface area contributed by atoms with Crippen LogP contribution in [0.2, 0.25) is 5.02 Å². The van der Waals surface area contributed by atoms with Gasteiger partial charge < -0.3 is 9.72 Å². The van der Waals surface area contributed by atoms with E-state index in [0.717, 1.165) is 27.7 Å². The van der Waals surface area contributed by atoms with E-state index in [1.165, 1.54) is 7.11 Å². The van der Waals surface area contributed by atoms with Gasteiger partial charge in [-0.15, -0.1) is 0 Å². The van der Waals surface area contributed by atoms with Crippen LogP contribution in [0.3, 0.4) is 0 Å². The lowest BCUT2D eigenvalue weighted by atomic mass is 10.0. The summed E-state index contributed by atoms with van der Waals surface area (Å²) in [6.07, 6.45) is 4.13. The first-order valence-corrected chi connectivity index (χ1v) is 8.57. The van der Waals surface area contributed by atoms with E-state index in [0.29, 0.717) is 17.0 Å². The molecule has 2 aromatic carbocycles. The third-order valence-corrected chi connectivity index (χ3v) is 4.65. The minimum atomic E-state index is -0.330. The Morgan fingerprint density at radius 1 is 1.08 bits per heavy atom. The van der Waals surface area contributed by atoms with Crippen LogP contribution in [0.4, 0.5) is 4.39 Å². The van der Waals surface area contributed by atoms with E-state index in [1.54, 1.807) is 24.4 Å². The van der Waals surface area contributed by atoms with Crippen LogP contribution >= 0.6 is 11.6 Å². The van der Waals surface area contributed by atoms with Crippen molar-refractivity contribution in [1.29, 1.82) is 0 Å². The number of aromatic amines is 1. The molecule has 2 heterocycles. The van der Waals surface area contributed by atoms with E-state index in [2.05, 4.69) is 16.0 Å². The molecule has 0 aliphatic heterocycles. The molecule has 5 heteroatoms. The largest absolute Gasteiger partial charge is 0.494 e. The highest BCUT2D eigenvalue weighted by Gasteiger charge is 2.13. The topological polar surface area (TPSA) is 37.9 Å². The van der Waals surface area contributed by atoms with Crippen molar-refractivity contribution in [2.45, 2.75) is 6.42 Å². The Bertz CT molecular complexity index is 1090. The van der Waals surface area contributed by atoms with E-state index >= 15 is 0 Å². The monoisotopic (exact) mass is 366 g/mol. The number of pyridine rings is 1. The summed E-state index contributed by atoms with van der Waals surface area (Å²) in [5, 5.41) is 1.64. The summed E-state index contributed by atoms with van der Waals surface area (Å²) in [4.78, 5) is 7.64. The quantitative estimate of drug-likeness (QED) is 0.509. The molecular weight excluding hydrogens is 351 g/mol. The van der Waals surface area contributed by atoms with Gasteiger partial charge in [-0.3, -0.25) is 0 Å². The van der Waals surface area contributed by atoms with E-state index < -0.39 is 0 Å². The Labute approximate surface area is 155 Å². The van der Waals surface area contributed by atoms with Crippen molar-refractivity contribution < 1.29 is 9.13 Å². The van der Waals surface area contributed by atoms with Gasteiger partial charge in [-0.05, 0) is 41.0 Å². The standard InChI is InChI=1S/C21H16ClFN2O/c1-26-19-7-3-5-14(20(19)23)8-16-12-25-21-18(16)10-15(11-24-21)13-4-2-6-17(22)9-13/h2-7,9-12H,8H2,1H3,(H,24,25). The van der Waals surface area contributed by atoms with Crippen LogP contribution in [0.1, 0.15) is 11.1 Å². The van der Waals surface area contributed by atoms with Crippen LogP contribution in [0, 0.1) is 5.82 Å². The number of hydrogen-bond acceptors (Lipinski definition) is 2. The number of methoxy groups -OCH3 is 1. The predicted octanol–water partition coefficient (Wildman–Crippen LogP) is 5.62. The minimum Gasteiger partial charge on any atom is -0.494 e. The van der Waals surface area contributed by atoms with Gasteiger partial charge >= 0.3 is 0 Å². The molecule has 0 unspecified atom stereocenters. The van der Waals surface area contributed by atoms with Crippen LogP contribution in [-0.2, 0) is 6.42 Å². The van der Waals surface area contributed by atoms with Crippen LogP contribution in [0.5, 0.6) is 5.75 Å². The Hall–Kier alpha value is -2.85. The first-order valence-electron chi connectivity index (χ1n) is 8.19. The SMILES string of the molecule is COc1cccc(Cc2c[nH]c3ncc(-c4cccc(Cl)c4)cc23)c1F. The van der Waals surface area contributed by atoms with E-state index in [-0.39, 0.29) is 11.6 Å². The lowest BCUT2D eigenvalue weighted by molar-refractivity contribution is 0.384. The first kappa shape index (κ1) is 16.6. The fourth-order valence-corrected chi connectivity index (χ4v) is 3.28. The molecule has 0 bridgehead atoms. The smallest absolute Gasteiger partial charge is 0.168 e. The first-order chi connectivity index (χ1) is 12.7. The van der Waals surface area contributed by atoms with Crippen LogP contribution in [0.15, 0.2) is 60.9 Å². The fraction of sp³-hybridized carbons (Fsp3) is 0.0952. The summed E-state index contributed by atoms with van der Waals surface area (Å²) in [7, 11) is 1.47. The van der Waals surface area contributed by atoms with Crippen molar-refractivity contribution in [2.24, 2.45) is 0 Å². The zero-order valence-electron chi connectivity index (χ0n) is 14.1. The number of fused-ring (bicyclic) bond motifs is 1. The second-order valence-corrected chi connectivity index (χ2v) is 6.49. The summed E-state index contributed by atoms with van der Waals surface area (Å²) in [5.74, 6) is -0.0802. The molecule has 0 aliphatic rings. The van der Waals surface area contributed by atoms with Gasteiger partial charge in [0.05, 0.1) is 7.11 Å². The van der Waals surface area contributed by atoms with E-state index in [9.17, 15) is 4.39 Å². The lowest BCUT2D eigenvalue weighted by Gasteiger charge is -2.07. The van der Waals surface area contributed by atoms with Crippen LogP contribution in [0.25, 0.3) is 22.2 Å². The molecule has 0 radical (unpaired) electrons. The summed E-state index contributed by atoms with van der Waals surface area (Å²) in [5.41, 5.74) is 4.29. The third-order valence-electron chi connectivity index (χ3n) is 4.42. The molecule has 0 saturated carbocycles. The Kier molecular flexibility index (Phi) is 4.35. The highest BCUT2D eigenvalue weighted by Crippen LogP contribution is 2.29. The molecule has 1 N–H and O–H groups in total. The average molecular weight is 367 g/mol. The van der Waals surface area contributed by atoms with Crippen molar-refractivity contribution in [2.75, 3.05) is 7.11 Å². The predicted molar refractivity (Wildman–Crippen MR) is 102 cm³/mol. The molecule has 4 rings (SSSR count). The van der Waals surface area contributed by atoms with Crippen LogP contribution in [-0.4, -0.2) is 17.1 Å². The number of halogens is 2. The lowest BCUT2D eigenvalue weighted by Crippen LogP contribution is -1.96. The number of aromatic nitrogens is 2. The highest BCUT2D eigenvalue weighted by molar-refractivity contribution is 6.30. The van der Waals surface area contributed by atoms with Gasteiger partial charge in [0.1, 0.15) is 5.65 Å². The van der Waals surface area contributed by atoms with Gasteiger partial charge in [-0.25, -0.2) is 9.37 Å². The third kappa shape index (κ3) is 3.04. The number of ether oxygens (including phenoxy) is 1. The van der Waals surface area contributed by atoms with Gasteiger partial charge in [0.25, 0.3) is 0 Å². The second-order valence-electron chi connectivity index (χ2n) is 6.05. The van der Waals surface area contributed by atoms with E-state index in [1.807, 2.05) is 30.5 Å². The molecule has 0 saturated heterocycles. The molecule has 4 aromatic rings. The maximum atomic E-state index is 14.5. The van der Waals surface area contributed by atoms with Crippen molar-refractivity contribution in [3.05, 3.63) is 82.9 Å². The molecular formula is C21H16ClFN2O. The second kappa shape index (κ2) is 6.81. The minimum absolute atomic E-state index is 0.250. The number of rotatable bonds is 4. The Balaban J connectivity index is 1.76. The van der Waals surface area contributed by atoms with Gasteiger partial charge in [-0.1, -0.05) is 35.9 Å². The Morgan fingerprint density at radius 2 is 1.92 bits per heavy atom. The number of benzene rings is 2. The average Bonchev–Trinajstić information content (AvgIpc) is 3.05. The molecule has 0 fully saturated rings. The van der Waals surface area contributed by atoms with Crippen LogP contribution < -0.4 is 4.74 Å². The summed E-state index contributed by atoms with van der Waals surface area (Å²) < 4.78 is 19.6. The maximum Gasteiger partial charge on any atom is 0.168 e. The normalized spacial score (nSPS) is 11.0. The summed E-state index contributed by atoms with van der Waals surface area (Å²) in [6.45, 7) is 0. The summed E-state index contributed by atoms with van der Waals surface area (Å²) in [6, 6.07) is 14.9. The zero-order chi connectivity index (χ0) is 18.1. The maximum absolute atomic E-state index is 14.5. The molecule has 3 nitrogen and oxygen atoms in total. The van der Waals surface area contributed by atoms with Crippen molar-refractivity contribution >= 4 is 22.6 Å². The molecule has 0 atom stereocenters. The number of hydrogen-bond donors (Lipinski definition) is 1. The fourth-order valence-electron chi connectivity index (χ4n) is 3.09. The molecule has 0 aliphatic carbocycles. The van der Waals surface area contributed by atoms with Crippen molar-refractivity contribution in [3.63, 3.8) is 0 Å². The van der Waals surface area contributed by atoms with Gasteiger partial charge in [0.15, 0.2) is 11.6 Å². The van der Waals surface area contributed by atoms with Gasteiger partial charge in [0, 0.05) is 34.8 Å². The van der Waals surface area contributed by atoms with Gasteiger partial charge in [0.2, 0.25) is 0 Å². The van der Waals surface area contributed by atoms with Crippen molar-refractivity contribution in [3.8, 4) is 16.9 Å². The highest BCUT2D eigenvalue weighted by atomic mass is 35.5. The van der Waals surface area contributed by atoms with Gasteiger partial charge in [-0.2, -0.15) is 0 Å². The number of H-pyrrole nitrogens is 1. The number of nitrogens with zero attached hydrogens (tertiary/aromatic N) is 1. The summed E-state index contributed by atoms with van der Waals surface area (Å²) >= 11 is 6.10. The van der Waals surface area contributed by atoms with Crippen molar-refractivity contribution in [1.82, 2.24) is 9.97 Å². The molecule has 130 valence electrons. The Morgan fingerprint density at radius 3 is 2.73 bits per heavy atom. The molecule has 0 spiro atoms. The van der Waals surface area contributed by atoms with E-state index in [4.69, 9.17) is 16.3 Å². The number of nitrogens with one attached hydrogen (secondary N) is 1. The molecule has 26 heavy (non-hydrogen) atoms. The zero-order valence-corrected chi connectivity index (χ0v) is 14.8.